The van der Waals surface area contributed by atoms with Crippen LogP contribution in [0.15, 0.2) is 48.5 Å². The van der Waals surface area contributed by atoms with Crippen LogP contribution in [0.3, 0.4) is 0 Å². The molecule has 0 N–H and O–H groups in total. The second kappa shape index (κ2) is 9.35. The van der Waals surface area contributed by atoms with Crippen LogP contribution in [-0.4, -0.2) is 36.5 Å². The van der Waals surface area contributed by atoms with Crippen molar-refractivity contribution in [1.29, 1.82) is 0 Å². The molecule has 0 aromatic heterocycles. The molecule has 148 valence electrons. The number of rotatable bonds is 6. The lowest BCUT2D eigenvalue weighted by Crippen LogP contribution is -2.40. The van der Waals surface area contributed by atoms with Crippen LogP contribution < -0.4 is 4.74 Å². The van der Waals surface area contributed by atoms with E-state index in [1.807, 2.05) is 0 Å². The number of hydrogen-bond donors (Lipinski definition) is 0. The summed E-state index contributed by atoms with van der Waals surface area (Å²) >= 11 is 0. The Labute approximate surface area is 164 Å². The van der Waals surface area contributed by atoms with Crippen LogP contribution >= 0.6 is 0 Å². The van der Waals surface area contributed by atoms with Crippen LogP contribution in [0.1, 0.15) is 35.7 Å². The average Bonchev–Trinajstić information content (AvgIpc) is 2.72. The highest BCUT2D eigenvalue weighted by atomic mass is 19.1. The molecule has 5 nitrogen and oxygen atoms in total. The Bertz CT molecular complexity index is 814. The molecule has 6 heteroatoms. The number of nitrogens with zero attached hydrogens (tertiary/aromatic N) is 1. The van der Waals surface area contributed by atoms with Crippen LogP contribution in [0.25, 0.3) is 0 Å². The summed E-state index contributed by atoms with van der Waals surface area (Å²) in [7, 11) is 0. The van der Waals surface area contributed by atoms with Crippen LogP contribution in [0.2, 0.25) is 0 Å². The summed E-state index contributed by atoms with van der Waals surface area (Å²) in [6.07, 6.45) is 1.96. The van der Waals surface area contributed by atoms with Gasteiger partial charge in [0.1, 0.15) is 18.2 Å². The number of piperidine rings is 1. The van der Waals surface area contributed by atoms with Gasteiger partial charge in [0.25, 0.3) is 5.91 Å². The topological polar surface area (TPSA) is 55.8 Å². The highest BCUT2D eigenvalue weighted by Gasteiger charge is 2.21. The molecule has 0 spiro atoms. The summed E-state index contributed by atoms with van der Waals surface area (Å²) in [6.45, 7) is 3.60. The number of ether oxygens (including phenoxy) is 2. The zero-order valence-electron chi connectivity index (χ0n) is 15.9. The summed E-state index contributed by atoms with van der Waals surface area (Å²) < 4.78 is 23.8. The fraction of sp³-hybridized carbons (Fsp3) is 0.364. The standard InChI is InChI=1S/C22H24FNO4/c1-16-9-11-24(12-10-16)21(25)15-28-22(26)18-3-2-4-20(13-18)27-14-17-5-7-19(23)8-6-17/h2-8,13,16H,9-12,14-15H2,1H3. The van der Waals surface area contributed by atoms with Gasteiger partial charge in [-0.25, -0.2) is 9.18 Å². The van der Waals surface area contributed by atoms with Crippen LogP contribution in [0.4, 0.5) is 4.39 Å². The predicted molar refractivity (Wildman–Crippen MR) is 102 cm³/mol. The van der Waals surface area contributed by atoms with Crippen molar-refractivity contribution in [3.05, 3.63) is 65.5 Å². The molecule has 28 heavy (non-hydrogen) atoms. The third-order valence-electron chi connectivity index (χ3n) is 4.85. The molecule has 1 aliphatic rings. The Morgan fingerprint density at radius 1 is 1.11 bits per heavy atom. The molecule has 0 radical (unpaired) electrons. The average molecular weight is 385 g/mol. The highest BCUT2D eigenvalue weighted by molar-refractivity contribution is 5.91. The maximum Gasteiger partial charge on any atom is 0.338 e. The zero-order valence-corrected chi connectivity index (χ0v) is 15.9. The van der Waals surface area contributed by atoms with Crippen molar-refractivity contribution in [2.45, 2.75) is 26.4 Å². The fourth-order valence-corrected chi connectivity index (χ4v) is 3.02. The van der Waals surface area contributed by atoms with E-state index in [1.54, 1.807) is 41.3 Å². The van der Waals surface area contributed by atoms with Crippen molar-refractivity contribution >= 4 is 11.9 Å². The molecular weight excluding hydrogens is 361 g/mol. The lowest BCUT2D eigenvalue weighted by Gasteiger charge is -2.30. The van der Waals surface area contributed by atoms with Crippen LogP contribution in [0, 0.1) is 11.7 Å². The molecule has 3 rings (SSSR count). The summed E-state index contributed by atoms with van der Waals surface area (Å²) in [6, 6.07) is 12.6. The fourth-order valence-electron chi connectivity index (χ4n) is 3.02. The number of halogens is 1. The van der Waals surface area contributed by atoms with Crippen molar-refractivity contribution in [2.75, 3.05) is 19.7 Å². The Morgan fingerprint density at radius 2 is 1.82 bits per heavy atom. The lowest BCUT2D eigenvalue weighted by molar-refractivity contribution is -0.135. The van der Waals surface area contributed by atoms with Gasteiger partial charge in [-0.2, -0.15) is 0 Å². The first-order chi connectivity index (χ1) is 13.5. The van der Waals surface area contributed by atoms with E-state index in [0.29, 0.717) is 30.3 Å². The molecule has 1 amide bonds. The number of likely N-dealkylation sites (tertiary alicyclic amines) is 1. The SMILES string of the molecule is CC1CCN(C(=O)COC(=O)c2cccc(OCc3ccc(F)cc3)c2)CC1. The Kier molecular flexibility index (Phi) is 6.63. The smallest absolute Gasteiger partial charge is 0.338 e. The van der Waals surface area contributed by atoms with Gasteiger partial charge in [0.15, 0.2) is 6.61 Å². The van der Waals surface area contributed by atoms with Crippen molar-refractivity contribution in [1.82, 2.24) is 4.90 Å². The lowest BCUT2D eigenvalue weighted by atomic mass is 9.99. The molecule has 1 fully saturated rings. The quantitative estimate of drug-likeness (QED) is 0.710. The molecule has 2 aromatic carbocycles. The van der Waals surface area contributed by atoms with Gasteiger partial charge in [0.2, 0.25) is 0 Å². The first kappa shape index (κ1) is 19.9. The summed E-state index contributed by atoms with van der Waals surface area (Å²) in [4.78, 5) is 26.2. The molecule has 1 saturated heterocycles. The third-order valence-corrected chi connectivity index (χ3v) is 4.85. The normalized spacial score (nSPS) is 14.6. The second-order valence-corrected chi connectivity index (χ2v) is 7.08. The van der Waals surface area contributed by atoms with Gasteiger partial charge >= 0.3 is 5.97 Å². The third kappa shape index (κ3) is 5.55. The maximum atomic E-state index is 12.9. The van der Waals surface area contributed by atoms with E-state index >= 15 is 0 Å². The van der Waals surface area contributed by atoms with E-state index in [9.17, 15) is 14.0 Å². The minimum Gasteiger partial charge on any atom is -0.489 e. The largest absolute Gasteiger partial charge is 0.489 e. The van der Waals surface area contributed by atoms with Gasteiger partial charge in [-0.15, -0.1) is 0 Å². The Morgan fingerprint density at radius 3 is 2.54 bits per heavy atom. The van der Waals surface area contributed by atoms with Gasteiger partial charge in [0.05, 0.1) is 5.56 Å². The van der Waals surface area contributed by atoms with Crippen molar-refractivity contribution in [3.63, 3.8) is 0 Å². The minimum atomic E-state index is -0.564. The molecule has 0 atom stereocenters. The Balaban J connectivity index is 1.50. The van der Waals surface area contributed by atoms with Gasteiger partial charge in [-0.1, -0.05) is 25.1 Å². The number of esters is 1. The van der Waals surface area contributed by atoms with Crippen LogP contribution in [-0.2, 0) is 16.1 Å². The van der Waals surface area contributed by atoms with Crippen molar-refractivity contribution < 1.29 is 23.5 Å². The summed E-state index contributed by atoms with van der Waals surface area (Å²) in [5.41, 5.74) is 1.13. The number of amides is 1. The highest BCUT2D eigenvalue weighted by Crippen LogP contribution is 2.18. The van der Waals surface area contributed by atoms with E-state index in [-0.39, 0.29) is 24.9 Å². The number of carbonyl (C=O) groups is 2. The predicted octanol–water partition coefficient (Wildman–Crippen LogP) is 3.82. The van der Waals surface area contributed by atoms with E-state index in [4.69, 9.17) is 9.47 Å². The molecule has 0 bridgehead atoms. The first-order valence-corrected chi connectivity index (χ1v) is 9.43. The van der Waals surface area contributed by atoms with Gasteiger partial charge in [0, 0.05) is 13.1 Å². The summed E-state index contributed by atoms with van der Waals surface area (Å²) in [5, 5.41) is 0. The zero-order chi connectivity index (χ0) is 19.9. The maximum absolute atomic E-state index is 12.9. The van der Waals surface area contributed by atoms with Gasteiger partial charge in [-0.3, -0.25) is 4.79 Å². The molecule has 0 saturated carbocycles. The van der Waals surface area contributed by atoms with Crippen molar-refractivity contribution in [3.8, 4) is 5.75 Å². The van der Waals surface area contributed by atoms with E-state index in [1.165, 1.54) is 12.1 Å². The summed E-state index contributed by atoms with van der Waals surface area (Å²) in [5.74, 6) is 0.0939. The van der Waals surface area contributed by atoms with E-state index in [0.717, 1.165) is 18.4 Å². The first-order valence-electron chi connectivity index (χ1n) is 9.43. The number of carbonyl (C=O) groups excluding carboxylic acids is 2. The van der Waals surface area contributed by atoms with Crippen LogP contribution in [0.5, 0.6) is 5.75 Å². The molecule has 0 aliphatic carbocycles. The monoisotopic (exact) mass is 385 g/mol. The Hall–Kier alpha value is -2.89. The molecular formula is C22H24FNO4. The molecule has 1 aliphatic heterocycles. The van der Waals surface area contributed by atoms with E-state index < -0.39 is 5.97 Å². The van der Waals surface area contributed by atoms with E-state index in [2.05, 4.69) is 6.92 Å². The second-order valence-electron chi connectivity index (χ2n) is 7.08. The minimum absolute atomic E-state index is 0.163. The van der Waals surface area contributed by atoms with Gasteiger partial charge in [-0.05, 0) is 54.7 Å². The molecule has 1 heterocycles. The van der Waals surface area contributed by atoms with Crippen molar-refractivity contribution in [2.24, 2.45) is 5.92 Å². The van der Waals surface area contributed by atoms with Gasteiger partial charge < -0.3 is 14.4 Å². The molecule has 2 aromatic rings. The molecule has 0 unspecified atom stereocenters. The number of benzene rings is 2. The number of hydrogen-bond acceptors (Lipinski definition) is 4.